The zero-order valence-electron chi connectivity index (χ0n) is 8.40. The summed E-state index contributed by atoms with van der Waals surface area (Å²) in [4.78, 5) is 15.3. The fraction of sp³-hybridized carbons (Fsp3) is 0.0909. The van der Waals surface area contributed by atoms with Gasteiger partial charge in [-0.15, -0.1) is 0 Å². The van der Waals surface area contributed by atoms with Crippen molar-refractivity contribution in [3.05, 3.63) is 34.4 Å². The summed E-state index contributed by atoms with van der Waals surface area (Å²) in [5, 5.41) is 10.3. The highest BCUT2D eigenvalue weighted by atomic mass is 79.9. The Bertz CT molecular complexity index is 568. The molecule has 0 unspecified atom stereocenters. The molecular formula is C11H8BrNO3. The molecular weight excluding hydrogens is 274 g/mol. The molecule has 82 valence electrons. The van der Waals surface area contributed by atoms with Gasteiger partial charge in [0.05, 0.1) is 12.7 Å². The van der Waals surface area contributed by atoms with Crippen LogP contribution in [0.2, 0.25) is 0 Å². The van der Waals surface area contributed by atoms with E-state index in [1.54, 1.807) is 12.1 Å². The SMILES string of the molecule is COC(=O)c1cnc2c(O)ccc(Br)c2c1. The number of phenols is 1. The lowest BCUT2D eigenvalue weighted by molar-refractivity contribution is 0.0600. The Morgan fingerprint density at radius 2 is 2.25 bits per heavy atom. The number of carbonyl (C=O) groups excluding carboxylic acids is 1. The van der Waals surface area contributed by atoms with Gasteiger partial charge in [-0.05, 0) is 18.2 Å². The third kappa shape index (κ3) is 1.74. The number of ether oxygens (including phenoxy) is 1. The lowest BCUT2D eigenvalue weighted by Crippen LogP contribution is -2.01. The molecule has 0 saturated heterocycles. The zero-order valence-corrected chi connectivity index (χ0v) is 9.98. The number of methoxy groups -OCH3 is 1. The van der Waals surface area contributed by atoms with Crippen LogP contribution in [0.5, 0.6) is 5.75 Å². The maximum atomic E-state index is 11.3. The Kier molecular flexibility index (Phi) is 2.78. The molecule has 2 rings (SSSR count). The Labute approximate surface area is 100.0 Å². The van der Waals surface area contributed by atoms with Gasteiger partial charge in [0, 0.05) is 16.1 Å². The molecule has 0 aliphatic heterocycles. The van der Waals surface area contributed by atoms with E-state index in [0.717, 1.165) is 4.47 Å². The van der Waals surface area contributed by atoms with Gasteiger partial charge in [-0.2, -0.15) is 0 Å². The van der Waals surface area contributed by atoms with Crippen LogP contribution in [0, 0.1) is 0 Å². The number of rotatable bonds is 1. The van der Waals surface area contributed by atoms with Crippen molar-refractivity contribution in [2.45, 2.75) is 0 Å². The van der Waals surface area contributed by atoms with E-state index in [1.807, 2.05) is 0 Å². The lowest BCUT2D eigenvalue weighted by Gasteiger charge is -2.04. The first kappa shape index (κ1) is 10.9. The van der Waals surface area contributed by atoms with Crippen LogP contribution < -0.4 is 0 Å². The first-order chi connectivity index (χ1) is 7.63. The second-order valence-corrected chi connectivity index (χ2v) is 4.03. The average Bonchev–Trinajstić information content (AvgIpc) is 2.32. The Morgan fingerprint density at radius 3 is 2.94 bits per heavy atom. The van der Waals surface area contributed by atoms with Gasteiger partial charge in [0.15, 0.2) is 0 Å². The van der Waals surface area contributed by atoms with Crippen LogP contribution in [-0.4, -0.2) is 23.2 Å². The van der Waals surface area contributed by atoms with Crippen molar-refractivity contribution in [2.75, 3.05) is 7.11 Å². The van der Waals surface area contributed by atoms with E-state index >= 15 is 0 Å². The van der Waals surface area contributed by atoms with Gasteiger partial charge < -0.3 is 9.84 Å². The van der Waals surface area contributed by atoms with Crippen LogP contribution in [0.25, 0.3) is 10.9 Å². The van der Waals surface area contributed by atoms with Crippen molar-refractivity contribution < 1.29 is 14.6 Å². The molecule has 5 heteroatoms. The number of halogens is 1. The van der Waals surface area contributed by atoms with Gasteiger partial charge in [-0.25, -0.2) is 4.79 Å². The highest BCUT2D eigenvalue weighted by Gasteiger charge is 2.10. The minimum atomic E-state index is -0.454. The Hall–Kier alpha value is -1.62. The number of hydrogen-bond donors (Lipinski definition) is 1. The largest absolute Gasteiger partial charge is 0.506 e. The van der Waals surface area contributed by atoms with Gasteiger partial charge in [0.2, 0.25) is 0 Å². The smallest absolute Gasteiger partial charge is 0.339 e. The fourth-order valence-electron chi connectivity index (χ4n) is 1.40. The molecule has 0 saturated carbocycles. The zero-order chi connectivity index (χ0) is 11.7. The molecule has 2 aromatic rings. The van der Waals surface area contributed by atoms with Crippen LogP contribution in [0.4, 0.5) is 0 Å². The molecule has 16 heavy (non-hydrogen) atoms. The van der Waals surface area contributed by atoms with E-state index in [9.17, 15) is 9.90 Å². The summed E-state index contributed by atoms with van der Waals surface area (Å²) in [7, 11) is 1.31. The minimum absolute atomic E-state index is 0.0783. The lowest BCUT2D eigenvalue weighted by atomic mass is 10.1. The Balaban J connectivity index is 2.70. The highest BCUT2D eigenvalue weighted by Crippen LogP contribution is 2.29. The summed E-state index contributed by atoms with van der Waals surface area (Å²) in [6.07, 6.45) is 1.38. The average molecular weight is 282 g/mol. The number of aromatic nitrogens is 1. The predicted octanol–water partition coefficient (Wildman–Crippen LogP) is 2.49. The summed E-state index contributed by atoms with van der Waals surface area (Å²) < 4.78 is 5.36. The predicted molar refractivity (Wildman–Crippen MR) is 62.4 cm³/mol. The van der Waals surface area contributed by atoms with Gasteiger partial charge in [0.25, 0.3) is 0 Å². The van der Waals surface area contributed by atoms with E-state index in [4.69, 9.17) is 0 Å². The van der Waals surface area contributed by atoms with Crippen LogP contribution in [0.3, 0.4) is 0 Å². The summed E-state index contributed by atoms with van der Waals surface area (Å²) >= 11 is 3.33. The fourth-order valence-corrected chi connectivity index (χ4v) is 1.84. The number of benzene rings is 1. The van der Waals surface area contributed by atoms with Gasteiger partial charge in [-0.1, -0.05) is 15.9 Å². The number of fused-ring (bicyclic) bond motifs is 1. The standard InChI is InChI=1S/C11H8BrNO3/c1-16-11(15)6-4-7-8(12)2-3-9(14)10(7)13-5-6/h2-5,14H,1H3. The number of esters is 1. The highest BCUT2D eigenvalue weighted by molar-refractivity contribution is 9.10. The van der Waals surface area contributed by atoms with E-state index < -0.39 is 5.97 Å². The summed E-state index contributed by atoms with van der Waals surface area (Å²) in [6, 6.07) is 4.86. The monoisotopic (exact) mass is 281 g/mol. The molecule has 1 aromatic carbocycles. The van der Waals surface area contributed by atoms with Crippen molar-refractivity contribution in [2.24, 2.45) is 0 Å². The normalized spacial score (nSPS) is 10.4. The molecule has 0 aliphatic carbocycles. The van der Waals surface area contributed by atoms with Crippen molar-refractivity contribution in [1.82, 2.24) is 4.98 Å². The van der Waals surface area contributed by atoms with E-state index in [-0.39, 0.29) is 5.75 Å². The second kappa shape index (κ2) is 4.09. The minimum Gasteiger partial charge on any atom is -0.506 e. The molecule has 0 amide bonds. The van der Waals surface area contributed by atoms with Gasteiger partial charge in [0.1, 0.15) is 11.3 Å². The van der Waals surface area contributed by atoms with Crippen LogP contribution >= 0.6 is 15.9 Å². The maximum Gasteiger partial charge on any atom is 0.339 e. The molecule has 0 bridgehead atoms. The second-order valence-electron chi connectivity index (χ2n) is 3.18. The third-order valence-corrected chi connectivity index (χ3v) is 2.89. The van der Waals surface area contributed by atoms with Crippen molar-refractivity contribution in [3.8, 4) is 5.75 Å². The van der Waals surface area contributed by atoms with Crippen molar-refractivity contribution in [1.29, 1.82) is 0 Å². The molecule has 0 spiro atoms. The topological polar surface area (TPSA) is 59.4 Å². The third-order valence-electron chi connectivity index (χ3n) is 2.20. The molecule has 1 N–H and O–H groups in total. The van der Waals surface area contributed by atoms with E-state index in [2.05, 4.69) is 25.7 Å². The molecule has 0 fully saturated rings. The molecule has 1 aromatic heterocycles. The number of pyridine rings is 1. The maximum absolute atomic E-state index is 11.3. The summed E-state index contributed by atoms with van der Waals surface area (Å²) in [5.74, 6) is -0.376. The molecule has 0 atom stereocenters. The van der Waals surface area contributed by atoms with Gasteiger partial charge in [-0.3, -0.25) is 4.98 Å². The number of aromatic hydroxyl groups is 1. The van der Waals surface area contributed by atoms with Crippen molar-refractivity contribution >= 4 is 32.8 Å². The number of carbonyl (C=O) groups is 1. The molecule has 0 radical (unpaired) electrons. The van der Waals surface area contributed by atoms with E-state index in [0.29, 0.717) is 16.5 Å². The Morgan fingerprint density at radius 1 is 1.50 bits per heavy atom. The number of hydrogen-bond acceptors (Lipinski definition) is 4. The first-order valence-electron chi connectivity index (χ1n) is 4.49. The van der Waals surface area contributed by atoms with Crippen molar-refractivity contribution in [3.63, 3.8) is 0 Å². The van der Waals surface area contributed by atoms with Gasteiger partial charge >= 0.3 is 5.97 Å². The molecule has 4 nitrogen and oxygen atoms in total. The quantitative estimate of drug-likeness (QED) is 0.816. The molecule has 0 aliphatic rings. The molecule has 1 heterocycles. The van der Waals surface area contributed by atoms with Crippen LogP contribution in [-0.2, 0) is 4.74 Å². The number of nitrogens with zero attached hydrogens (tertiary/aromatic N) is 1. The van der Waals surface area contributed by atoms with E-state index in [1.165, 1.54) is 19.4 Å². The number of phenolic OH excluding ortho intramolecular Hbond substituents is 1. The van der Waals surface area contributed by atoms with Crippen LogP contribution in [0.15, 0.2) is 28.9 Å². The first-order valence-corrected chi connectivity index (χ1v) is 5.28. The van der Waals surface area contributed by atoms with Crippen LogP contribution in [0.1, 0.15) is 10.4 Å². The summed E-state index contributed by atoms with van der Waals surface area (Å²) in [6.45, 7) is 0. The summed E-state index contributed by atoms with van der Waals surface area (Å²) in [5.41, 5.74) is 0.795.